The minimum atomic E-state index is 0.267. The van der Waals surface area contributed by atoms with Crippen molar-refractivity contribution in [3.63, 3.8) is 0 Å². The average molecular weight is 267 g/mol. The van der Waals surface area contributed by atoms with Crippen LogP contribution in [0.1, 0.15) is 12.5 Å². The van der Waals surface area contributed by atoms with Gasteiger partial charge in [-0.15, -0.1) is 0 Å². The number of ether oxygens (including phenoxy) is 1. The van der Waals surface area contributed by atoms with Crippen LogP contribution in [0.15, 0.2) is 18.5 Å². The van der Waals surface area contributed by atoms with E-state index in [2.05, 4.69) is 17.2 Å². The molecule has 0 spiro atoms. The van der Waals surface area contributed by atoms with Gasteiger partial charge in [-0.1, -0.05) is 6.92 Å². The van der Waals surface area contributed by atoms with E-state index in [-0.39, 0.29) is 6.10 Å². The van der Waals surface area contributed by atoms with Crippen molar-refractivity contribution in [2.24, 2.45) is 0 Å². The summed E-state index contributed by atoms with van der Waals surface area (Å²) in [7, 11) is 0. The molecule has 2 unspecified atom stereocenters. The summed E-state index contributed by atoms with van der Waals surface area (Å²) in [4.78, 5) is 4.15. The molecule has 0 aromatic carbocycles. The van der Waals surface area contributed by atoms with Crippen LogP contribution >= 0.6 is 11.8 Å². The van der Waals surface area contributed by atoms with E-state index >= 15 is 0 Å². The highest BCUT2D eigenvalue weighted by Crippen LogP contribution is 2.19. The molecule has 2 rings (SSSR count). The maximum Gasteiger partial charge on any atom is 0.0821 e. The second-order valence-electron chi connectivity index (χ2n) is 4.43. The molecule has 100 valence electrons. The fourth-order valence-corrected chi connectivity index (χ4v) is 3.12. The molecule has 0 radical (unpaired) electrons. The zero-order chi connectivity index (χ0) is 12.8. The molecule has 0 aliphatic carbocycles. The van der Waals surface area contributed by atoms with E-state index in [1.165, 1.54) is 0 Å². The third-order valence-electron chi connectivity index (χ3n) is 3.14. The zero-order valence-corrected chi connectivity index (χ0v) is 11.6. The number of rotatable bonds is 5. The van der Waals surface area contributed by atoms with Crippen LogP contribution in [-0.4, -0.2) is 41.8 Å². The molecule has 1 aromatic heterocycles. The van der Waals surface area contributed by atoms with Crippen molar-refractivity contribution < 1.29 is 4.74 Å². The number of likely N-dealkylation sites (N-methyl/N-ethyl adjacent to an activating group) is 1. The van der Waals surface area contributed by atoms with Crippen molar-refractivity contribution in [3.8, 4) is 0 Å². The summed E-state index contributed by atoms with van der Waals surface area (Å²) in [6, 6.07) is 2.17. The molecule has 1 aromatic rings. The number of nitrogens with zero attached hydrogens (tertiary/aromatic N) is 1. The Hall–Kier alpha value is -0.780. The summed E-state index contributed by atoms with van der Waals surface area (Å²) in [5.41, 5.74) is 7.90. The molecule has 18 heavy (non-hydrogen) atoms. The van der Waals surface area contributed by atoms with Gasteiger partial charge in [0.2, 0.25) is 0 Å². The zero-order valence-electron chi connectivity index (χ0n) is 10.8. The second kappa shape index (κ2) is 6.97. The molecule has 3 N–H and O–H groups in total. The highest BCUT2D eigenvalue weighted by atomic mass is 32.2. The molecule has 0 bridgehead atoms. The van der Waals surface area contributed by atoms with Crippen molar-refractivity contribution in [1.82, 2.24) is 10.3 Å². The van der Waals surface area contributed by atoms with E-state index in [9.17, 15) is 0 Å². The fraction of sp³-hybridized carbons (Fsp3) is 0.615. The summed E-state index contributed by atoms with van der Waals surface area (Å²) >= 11 is 1.96. The summed E-state index contributed by atoms with van der Waals surface area (Å²) in [5.74, 6) is 2.15. The number of nitrogens with one attached hydrogen (secondary N) is 1. The van der Waals surface area contributed by atoms with Crippen molar-refractivity contribution in [2.75, 3.05) is 30.4 Å². The third kappa shape index (κ3) is 3.60. The van der Waals surface area contributed by atoms with E-state index < -0.39 is 0 Å². The normalized spacial score (nSPS) is 21.7. The number of hydrogen-bond acceptors (Lipinski definition) is 5. The van der Waals surface area contributed by atoms with Gasteiger partial charge >= 0.3 is 0 Å². The molecule has 1 aliphatic rings. The first-order valence-corrected chi connectivity index (χ1v) is 7.57. The quantitative estimate of drug-likeness (QED) is 0.842. The molecule has 1 fully saturated rings. The molecule has 4 nitrogen and oxygen atoms in total. The number of aromatic nitrogens is 1. The standard InChI is InChI=1S/C13H21N3OS/c1-2-16-12(13-9-18-6-5-17-13)7-10-8-15-4-3-11(10)14/h3-4,8,12-13,16H,2,5-7,9H2,1H3,(H2,14,15). The maximum atomic E-state index is 5.98. The van der Waals surface area contributed by atoms with Gasteiger partial charge in [-0.2, -0.15) is 11.8 Å². The lowest BCUT2D eigenvalue weighted by Crippen LogP contribution is -2.46. The topological polar surface area (TPSA) is 60.2 Å². The van der Waals surface area contributed by atoms with Crippen LogP contribution in [0.25, 0.3) is 0 Å². The number of hydrogen-bond donors (Lipinski definition) is 2. The smallest absolute Gasteiger partial charge is 0.0821 e. The van der Waals surface area contributed by atoms with Crippen molar-refractivity contribution in [3.05, 3.63) is 24.0 Å². The molecule has 2 heterocycles. The first-order chi connectivity index (χ1) is 8.81. The molecule has 1 aliphatic heterocycles. The van der Waals surface area contributed by atoms with E-state index in [0.29, 0.717) is 6.04 Å². The van der Waals surface area contributed by atoms with Gasteiger partial charge in [0.15, 0.2) is 0 Å². The highest BCUT2D eigenvalue weighted by Gasteiger charge is 2.24. The molecular formula is C13H21N3OS. The van der Waals surface area contributed by atoms with E-state index in [1.807, 2.05) is 24.0 Å². The molecule has 0 saturated carbocycles. The van der Waals surface area contributed by atoms with E-state index in [0.717, 1.165) is 42.3 Å². The Balaban J connectivity index is 2.03. The number of nitrogen functional groups attached to an aromatic ring is 1. The average Bonchev–Trinajstić information content (AvgIpc) is 2.42. The van der Waals surface area contributed by atoms with Crippen molar-refractivity contribution in [2.45, 2.75) is 25.5 Å². The molecule has 0 amide bonds. The molecule has 5 heteroatoms. The summed E-state index contributed by atoms with van der Waals surface area (Å²) < 4.78 is 5.86. The SMILES string of the molecule is CCNC(Cc1cnccc1N)C1CSCCO1. The van der Waals surface area contributed by atoms with Crippen LogP contribution in [0, 0.1) is 0 Å². The summed E-state index contributed by atoms with van der Waals surface area (Å²) in [6.07, 6.45) is 4.73. The van der Waals surface area contributed by atoms with E-state index in [4.69, 9.17) is 10.5 Å². The predicted molar refractivity (Wildman–Crippen MR) is 76.9 cm³/mol. The molecule has 2 atom stereocenters. The molecule has 1 saturated heterocycles. The fourth-order valence-electron chi connectivity index (χ4n) is 2.18. The number of nitrogens with two attached hydrogens (primary N) is 1. The van der Waals surface area contributed by atoms with Crippen LogP contribution in [0.3, 0.4) is 0 Å². The van der Waals surface area contributed by atoms with Gasteiger partial charge in [-0.3, -0.25) is 4.98 Å². The Kier molecular flexibility index (Phi) is 5.28. The number of thioether (sulfide) groups is 1. The van der Waals surface area contributed by atoms with E-state index in [1.54, 1.807) is 6.20 Å². The van der Waals surface area contributed by atoms with Gasteiger partial charge in [-0.05, 0) is 24.6 Å². The summed E-state index contributed by atoms with van der Waals surface area (Å²) in [6.45, 7) is 3.91. The molecular weight excluding hydrogens is 246 g/mol. The van der Waals surface area contributed by atoms with Crippen LogP contribution in [-0.2, 0) is 11.2 Å². The highest BCUT2D eigenvalue weighted by molar-refractivity contribution is 7.99. The van der Waals surface area contributed by atoms with Crippen LogP contribution in [0.5, 0.6) is 0 Å². The Morgan fingerprint density at radius 3 is 3.22 bits per heavy atom. The largest absolute Gasteiger partial charge is 0.398 e. The van der Waals surface area contributed by atoms with Gasteiger partial charge in [0.1, 0.15) is 0 Å². The minimum Gasteiger partial charge on any atom is -0.398 e. The minimum absolute atomic E-state index is 0.267. The third-order valence-corrected chi connectivity index (χ3v) is 4.16. The Morgan fingerprint density at radius 2 is 2.56 bits per heavy atom. The summed E-state index contributed by atoms with van der Waals surface area (Å²) in [5, 5.41) is 3.51. The first kappa shape index (κ1) is 13.6. The first-order valence-electron chi connectivity index (χ1n) is 6.42. The van der Waals surface area contributed by atoms with Crippen LogP contribution < -0.4 is 11.1 Å². The number of anilines is 1. The second-order valence-corrected chi connectivity index (χ2v) is 5.58. The van der Waals surface area contributed by atoms with Crippen LogP contribution in [0.4, 0.5) is 5.69 Å². The lowest BCUT2D eigenvalue weighted by Gasteiger charge is -2.31. The van der Waals surface area contributed by atoms with Crippen molar-refractivity contribution >= 4 is 17.4 Å². The van der Waals surface area contributed by atoms with Crippen LogP contribution in [0.2, 0.25) is 0 Å². The monoisotopic (exact) mass is 267 g/mol. The lowest BCUT2D eigenvalue weighted by atomic mass is 10.0. The van der Waals surface area contributed by atoms with Gasteiger partial charge in [0, 0.05) is 35.6 Å². The maximum absolute atomic E-state index is 5.98. The Bertz CT molecular complexity index is 369. The Labute approximate surface area is 113 Å². The van der Waals surface area contributed by atoms with Gasteiger partial charge < -0.3 is 15.8 Å². The van der Waals surface area contributed by atoms with Gasteiger partial charge in [-0.25, -0.2) is 0 Å². The predicted octanol–water partition coefficient (Wildman–Crippen LogP) is 1.32. The number of pyridine rings is 1. The van der Waals surface area contributed by atoms with Crippen molar-refractivity contribution in [1.29, 1.82) is 0 Å². The lowest BCUT2D eigenvalue weighted by molar-refractivity contribution is 0.0476. The van der Waals surface area contributed by atoms with Gasteiger partial charge in [0.25, 0.3) is 0 Å². The van der Waals surface area contributed by atoms with Gasteiger partial charge in [0.05, 0.1) is 12.7 Å². The Morgan fingerprint density at radius 1 is 1.67 bits per heavy atom.